The molecule has 0 spiro atoms. The molecule has 2 amide bonds. The van der Waals surface area contributed by atoms with E-state index in [-0.39, 0.29) is 17.7 Å². The molecule has 0 saturated heterocycles. The van der Waals surface area contributed by atoms with Gasteiger partial charge < -0.3 is 10.2 Å². The number of nitrogens with one attached hydrogen (secondary N) is 1. The highest BCUT2D eigenvalue weighted by atomic mass is 32.2. The van der Waals surface area contributed by atoms with Crippen LogP contribution in [-0.4, -0.2) is 47.9 Å². The minimum atomic E-state index is -0.408. The first-order valence-corrected chi connectivity index (χ1v) is 13.2. The molecular weight excluding hydrogens is 404 g/mol. The van der Waals surface area contributed by atoms with E-state index < -0.39 is 6.04 Å². The van der Waals surface area contributed by atoms with Gasteiger partial charge in [0, 0.05) is 19.0 Å². The molecule has 1 fully saturated rings. The molecule has 0 aromatic heterocycles. The van der Waals surface area contributed by atoms with Gasteiger partial charge in [0.25, 0.3) is 0 Å². The Balaban J connectivity index is 1.58. The fourth-order valence-corrected chi connectivity index (χ4v) is 5.31. The lowest BCUT2D eigenvalue weighted by Gasteiger charge is -2.33. The number of rotatable bonds is 8. The third-order valence-electron chi connectivity index (χ3n) is 6.98. The van der Waals surface area contributed by atoms with Gasteiger partial charge in [0.15, 0.2) is 0 Å². The van der Waals surface area contributed by atoms with Crippen LogP contribution < -0.4 is 5.32 Å². The van der Waals surface area contributed by atoms with Crippen molar-refractivity contribution in [3.05, 3.63) is 42.0 Å². The minimum absolute atomic E-state index is 0.0607. The average molecular weight is 443 g/mol. The number of nitrogens with zero attached hydrogens (tertiary/aromatic N) is 1. The quantitative estimate of drug-likeness (QED) is 0.616. The van der Waals surface area contributed by atoms with E-state index in [1.54, 1.807) is 11.8 Å². The van der Waals surface area contributed by atoms with Gasteiger partial charge in [-0.05, 0) is 73.5 Å². The standard InChI is InChI=1S/C26H38N2O2S/c1-19(2)20-9-11-23(12-10-20)25(29)27-24(15-18-31-3)26(30)28-16-13-22(14-17-28)21-7-5-4-6-8-21/h4-8,13,19-20,23-24H,9-12,14-18H2,1-3H3,(H,27,29)/t20?,23?,24-/m0/s1. The van der Waals surface area contributed by atoms with Crippen LogP contribution in [0.25, 0.3) is 5.57 Å². The van der Waals surface area contributed by atoms with Crippen molar-refractivity contribution in [3.8, 4) is 0 Å². The summed E-state index contributed by atoms with van der Waals surface area (Å²) in [6, 6.07) is 9.97. The lowest BCUT2D eigenvalue weighted by molar-refractivity contribution is -0.137. The van der Waals surface area contributed by atoms with Crippen molar-refractivity contribution < 1.29 is 9.59 Å². The van der Waals surface area contributed by atoms with Crippen LogP contribution in [0.2, 0.25) is 0 Å². The monoisotopic (exact) mass is 442 g/mol. The minimum Gasteiger partial charge on any atom is -0.344 e. The molecule has 5 heteroatoms. The Labute approximate surface area is 192 Å². The molecule has 0 radical (unpaired) electrons. The number of benzene rings is 1. The van der Waals surface area contributed by atoms with E-state index in [9.17, 15) is 9.59 Å². The van der Waals surface area contributed by atoms with Gasteiger partial charge in [-0.3, -0.25) is 9.59 Å². The first kappa shape index (κ1) is 23.9. The summed E-state index contributed by atoms with van der Waals surface area (Å²) >= 11 is 1.72. The summed E-state index contributed by atoms with van der Waals surface area (Å²) in [5.41, 5.74) is 2.54. The van der Waals surface area contributed by atoms with Crippen molar-refractivity contribution >= 4 is 29.1 Å². The highest BCUT2D eigenvalue weighted by molar-refractivity contribution is 7.98. The number of amides is 2. The van der Waals surface area contributed by atoms with E-state index in [2.05, 4.69) is 49.5 Å². The van der Waals surface area contributed by atoms with Gasteiger partial charge >= 0.3 is 0 Å². The van der Waals surface area contributed by atoms with Gasteiger partial charge in [0.05, 0.1) is 0 Å². The Hall–Kier alpha value is -1.75. The molecule has 1 saturated carbocycles. The molecule has 1 aliphatic heterocycles. The van der Waals surface area contributed by atoms with E-state index in [0.29, 0.717) is 25.4 Å². The molecule has 0 unspecified atom stereocenters. The molecule has 0 bridgehead atoms. The van der Waals surface area contributed by atoms with E-state index in [4.69, 9.17) is 0 Å². The number of carbonyl (C=O) groups is 2. The van der Waals surface area contributed by atoms with E-state index in [1.807, 2.05) is 17.2 Å². The molecule has 3 rings (SSSR count). The third kappa shape index (κ3) is 6.61. The normalized spacial score (nSPS) is 22.7. The van der Waals surface area contributed by atoms with Crippen LogP contribution in [0.1, 0.15) is 57.9 Å². The van der Waals surface area contributed by atoms with Gasteiger partial charge in [0.2, 0.25) is 11.8 Å². The van der Waals surface area contributed by atoms with Gasteiger partial charge in [-0.2, -0.15) is 11.8 Å². The molecule has 1 aromatic carbocycles. The summed E-state index contributed by atoms with van der Waals surface area (Å²) in [7, 11) is 0. The summed E-state index contributed by atoms with van der Waals surface area (Å²) in [5.74, 6) is 2.51. The molecular formula is C26H38N2O2S. The molecule has 2 aliphatic rings. The molecule has 31 heavy (non-hydrogen) atoms. The fraction of sp³-hybridized carbons (Fsp3) is 0.615. The zero-order valence-electron chi connectivity index (χ0n) is 19.3. The summed E-state index contributed by atoms with van der Waals surface area (Å²) in [4.78, 5) is 28.2. The first-order valence-electron chi connectivity index (χ1n) is 11.8. The highest BCUT2D eigenvalue weighted by Gasteiger charge is 2.32. The van der Waals surface area contributed by atoms with Crippen molar-refractivity contribution in [2.75, 3.05) is 25.1 Å². The van der Waals surface area contributed by atoms with Crippen LogP contribution in [0.3, 0.4) is 0 Å². The predicted molar refractivity (Wildman–Crippen MR) is 131 cm³/mol. The molecule has 1 aliphatic carbocycles. The average Bonchev–Trinajstić information content (AvgIpc) is 2.82. The van der Waals surface area contributed by atoms with E-state index in [0.717, 1.165) is 43.8 Å². The summed E-state index contributed by atoms with van der Waals surface area (Å²) in [5, 5.41) is 3.14. The van der Waals surface area contributed by atoms with E-state index >= 15 is 0 Å². The van der Waals surface area contributed by atoms with Gasteiger partial charge in [-0.1, -0.05) is 50.3 Å². The van der Waals surface area contributed by atoms with Crippen molar-refractivity contribution in [3.63, 3.8) is 0 Å². The van der Waals surface area contributed by atoms with Crippen LogP contribution >= 0.6 is 11.8 Å². The Morgan fingerprint density at radius 2 is 1.84 bits per heavy atom. The van der Waals surface area contributed by atoms with Crippen molar-refractivity contribution in [1.82, 2.24) is 10.2 Å². The molecule has 1 heterocycles. The van der Waals surface area contributed by atoms with Crippen LogP contribution in [-0.2, 0) is 9.59 Å². The molecule has 1 N–H and O–H groups in total. The molecule has 1 atom stereocenters. The van der Waals surface area contributed by atoms with Crippen molar-refractivity contribution in [2.45, 2.75) is 58.4 Å². The highest BCUT2D eigenvalue weighted by Crippen LogP contribution is 2.33. The predicted octanol–water partition coefficient (Wildman–Crippen LogP) is 5.00. The SMILES string of the molecule is CSCC[C@H](NC(=O)C1CCC(C(C)C)CC1)C(=O)N1CC=C(c2ccccc2)CC1. The Bertz CT molecular complexity index is 754. The van der Waals surface area contributed by atoms with Crippen LogP contribution in [0.5, 0.6) is 0 Å². The molecule has 4 nitrogen and oxygen atoms in total. The lowest BCUT2D eigenvalue weighted by Crippen LogP contribution is -2.51. The smallest absolute Gasteiger partial charge is 0.245 e. The number of thioether (sulfide) groups is 1. The largest absolute Gasteiger partial charge is 0.344 e. The third-order valence-corrected chi connectivity index (χ3v) is 7.62. The topological polar surface area (TPSA) is 49.4 Å². The maximum Gasteiger partial charge on any atom is 0.245 e. The molecule has 170 valence electrons. The van der Waals surface area contributed by atoms with Gasteiger partial charge in [-0.25, -0.2) is 0 Å². The lowest BCUT2D eigenvalue weighted by atomic mass is 9.76. The fourth-order valence-electron chi connectivity index (χ4n) is 4.83. The Kier molecular flexibility index (Phi) is 9.06. The second-order valence-electron chi connectivity index (χ2n) is 9.33. The van der Waals surface area contributed by atoms with Crippen LogP contribution in [0.15, 0.2) is 36.4 Å². The van der Waals surface area contributed by atoms with Crippen LogP contribution in [0.4, 0.5) is 0 Å². The summed E-state index contributed by atoms with van der Waals surface area (Å²) in [6.07, 6.45) is 9.91. The van der Waals surface area contributed by atoms with Crippen LogP contribution in [0, 0.1) is 17.8 Å². The Morgan fingerprint density at radius 3 is 2.42 bits per heavy atom. The first-order chi connectivity index (χ1) is 15.0. The maximum absolute atomic E-state index is 13.3. The second-order valence-corrected chi connectivity index (χ2v) is 10.3. The Morgan fingerprint density at radius 1 is 1.13 bits per heavy atom. The summed E-state index contributed by atoms with van der Waals surface area (Å²) < 4.78 is 0. The number of hydrogen-bond donors (Lipinski definition) is 1. The number of hydrogen-bond acceptors (Lipinski definition) is 3. The van der Waals surface area contributed by atoms with Gasteiger partial charge in [-0.15, -0.1) is 0 Å². The summed E-state index contributed by atoms with van der Waals surface area (Å²) in [6.45, 7) is 5.88. The second kappa shape index (κ2) is 11.8. The zero-order valence-corrected chi connectivity index (χ0v) is 20.1. The maximum atomic E-state index is 13.3. The number of carbonyl (C=O) groups excluding carboxylic acids is 2. The van der Waals surface area contributed by atoms with Gasteiger partial charge in [0.1, 0.15) is 6.04 Å². The van der Waals surface area contributed by atoms with Crippen molar-refractivity contribution in [2.24, 2.45) is 17.8 Å². The zero-order chi connectivity index (χ0) is 22.2. The molecule has 1 aromatic rings. The van der Waals surface area contributed by atoms with E-state index in [1.165, 1.54) is 11.1 Å². The van der Waals surface area contributed by atoms with Crippen molar-refractivity contribution in [1.29, 1.82) is 0 Å².